The number of nitrogens with zero attached hydrogens (tertiary/aromatic N) is 1. The van der Waals surface area contributed by atoms with Crippen molar-refractivity contribution in [3.05, 3.63) is 29.3 Å². The van der Waals surface area contributed by atoms with Crippen molar-refractivity contribution in [2.24, 2.45) is 5.92 Å². The summed E-state index contributed by atoms with van der Waals surface area (Å²) < 4.78 is 5.40. The van der Waals surface area contributed by atoms with Crippen LogP contribution in [0.1, 0.15) is 24.0 Å². The Kier molecular flexibility index (Phi) is 3.27. The van der Waals surface area contributed by atoms with Gasteiger partial charge < -0.3 is 10.5 Å². The van der Waals surface area contributed by atoms with Gasteiger partial charge in [-0.3, -0.25) is 4.90 Å². The standard InChI is InChI=1S/C15H22N2O/c1-18-10-15(12-5-6-12)17-8-7-11-3-2-4-14(16)13(11)9-17/h2-4,12,15H,5-10,16H2,1H3. The highest BCUT2D eigenvalue weighted by Crippen LogP contribution is 2.37. The second-order valence-corrected chi connectivity index (χ2v) is 5.57. The first-order valence-electron chi connectivity index (χ1n) is 6.89. The maximum Gasteiger partial charge on any atom is 0.0620 e. The summed E-state index contributed by atoms with van der Waals surface area (Å²) in [4.78, 5) is 2.57. The van der Waals surface area contributed by atoms with Crippen molar-refractivity contribution in [1.29, 1.82) is 0 Å². The normalized spacial score (nSPS) is 21.6. The van der Waals surface area contributed by atoms with E-state index in [0.717, 1.165) is 37.7 Å². The smallest absolute Gasteiger partial charge is 0.0620 e. The Hall–Kier alpha value is -1.06. The zero-order valence-corrected chi connectivity index (χ0v) is 11.1. The number of rotatable bonds is 4. The number of hydrogen-bond donors (Lipinski definition) is 1. The fourth-order valence-corrected chi connectivity index (χ4v) is 3.10. The van der Waals surface area contributed by atoms with Crippen molar-refractivity contribution in [1.82, 2.24) is 4.90 Å². The number of nitrogens with two attached hydrogens (primary N) is 1. The summed E-state index contributed by atoms with van der Waals surface area (Å²) in [6, 6.07) is 6.89. The molecule has 1 aliphatic carbocycles. The highest BCUT2D eigenvalue weighted by atomic mass is 16.5. The number of hydrogen-bond acceptors (Lipinski definition) is 3. The molecule has 2 aliphatic rings. The first kappa shape index (κ1) is 12.0. The van der Waals surface area contributed by atoms with Crippen LogP contribution in [-0.2, 0) is 17.7 Å². The van der Waals surface area contributed by atoms with Gasteiger partial charge in [0.15, 0.2) is 0 Å². The number of benzene rings is 1. The highest BCUT2D eigenvalue weighted by molar-refractivity contribution is 5.51. The van der Waals surface area contributed by atoms with Gasteiger partial charge in [-0.25, -0.2) is 0 Å². The van der Waals surface area contributed by atoms with E-state index in [-0.39, 0.29) is 0 Å². The topological polar surface area (TPSA) is 38.5 Å². The van der Waals surface area contributed by atoms with Crippen molar-refractivity contribution >= 4 is 5.69 Å². The van der Waals surface area contributed by atoms with Crippen LogP contribution in [0.3, 0.4) is 0 Å². The van der Waals surface area contributed by atoms with Gasteiger partial charge in [0.2, 0.25) is 0 Å². The zero-order chi connectivity index (χ0) is 12.5. The fraction of sp³-hybridized carbons (Fsp3) is 0.600. The van der Waals surface area contributed by atoms with Gasteiger partial charge in [0.1, 0.15) is 0 Å². The monoisotopic (exact) mass is 246 g/mol. The summed E-state index contributed by atoms with van der Waals surface area (Å²) >= 11 is 0. The molecule has 3 rings (SSSR count). The first-order chi connectivity index (χ1) is 8.79. The Morgan fingerprint density at radius 1 is 1.44 bits per heavy atom. The predicted molar refractivity (Wildman–Crippen MR) is 73.4 cm³/mol. The average molecular weight is 246 g/mol. The van der Waals surface area contributed by atoms with Crippen LogP contribution in [0.4, 0.5) is 5.69 Å². The molecule has 1 heterocycles. The first-order valence-corrected chi connectivity index (χ1v) is 6.89. The number of anilines is 1. The third-order valence-electron chi connectivity index (χ3n) is 4.31. The van der Waals surface area contributed by atoms with E-state index in [2.05, 4.69) is 17.0 Å². The molecule has 1 aliphatic heterocycles. The molecule has 3 nitrogen and oxygen atoms in total. The Morgan fingerprint density at radius 2 is 2.28 bits per heavy atom. The van der Waals surface area contributed by atoms with Gasteiger partial charge >= 0.3 is 0 Å². The van der Waals surface area contributed by atoms with Crippen LogP contribution in [0.15, 0.2) is 18.2 Å². The Bertz CT molecular complexity index is 429. The van der Waals surface area contributed by atoms with Crippen molar-refractivity contribution < 1.29 is 4.74 Å². The predicted octanol–water partition coefficient (Wildman–Crippen LogP) is 2.05. The summed E-state index contributed by atoms with van der Waals surface area (Å²) in [6.45, 7) is 2.99. The summed E-state index contributed by atoms with van der Waals surface area (Å²) in [6.07, 6.45) is 3.84. The molecule has 0 bridgehead atoms. The molecule has 0 radical (unpaired) electrons. The fourth-order valence-electron chi connectivity index (χ4n) is 3.10. The lowest BCUT2D eigenvalue weighted by molar-refractivity contribution is 0.0693. The molecule has 18 heavy (non-hydrogen) atoms. The molecule has 1 fully saturated rings. The number of nitrogen functional groups attached to an aromatic ring is 1. The van der Waals surface area contributed by atoms with E-state index >= 15 is 0 Å². The molecule has 1 atom stereocenters. The molecule has 1 unspecified atom stereocenters. The molecule has 1 aromatic rings. The molecule has 98 valence electrons. The van der Waals surface area contributed by atoms with E-state index in [0.29, 0.717) is 6.04 Å². The zero-order valence-electron chi connectivity index (χ0n) is 11.1. The van der Waals surface area contributed by atoms with Crippen LogP contribution in [0.5, 0.6) is 0 Å². The molecule has 3 heteroatoms. The van der Waals surface area contributed by atoms with E-state index < -0.39 is 0 Å². The third-order valence-corrected chi connectivity index (χ3v) is 4.31. The van der Waals surface area contributed by atoms with Gasteiger partial charge in [0.25, 0.3) is 0 Å². The van der Waals surface area contributed by atoms with E-state index in [1.807, 2.05) is 13.2 Å². The van der Waals surface area contributed by atoms with Crippen LogP contribution >= 0.6 is 0 Å². The lowest BCUT2D eigenvalue weighted by Gasteiger charge is -2.36. The van der Waals surface area contributed by atoms with E-state index in [1.165, 1.54) is 24.0 Å². The molecule has 1 aromatic carbocycles. The van der Waals surface area contributed by atoms with Crippen LogP contribution < -0.4 is 5.73 Å². The Balaban J connectivity index is 1.78. The quantitative estimate of drug-likeness (QED) is 0.826. The highest BCUT2D eigenvalue weighted by Gasteiger charge is 2.36. The molecular formula is C15H22N2O. The second kappa shape index (κ2) is 4.90. The molecule has 2 N–H and O–H groups in total. The van der Waals surface area contributed by atoms with Gasteiger partial charge in [-0.2, -0.15) is 0 Å². The van der Waals surface area contributed by atoms with Crippen LogP contribution in [0, 0.1) is 5.92 Å². The molecule has 0 amide bonds. The number of ether oxygens (including phenoxy) is 1. The van der Waals surface area contributed by atoms with E-state index in [9.17, 15) is 0 Å². The summed E-state index contributed by atoms with van der Waals surface area (Å²) in [7, 11) is 1.81. The van der Waals surface area contributed by atoms with Gasteiger partial charge in [-0.05, 0) is 42.4 Å². The molecule has 0 spiro atoms. The Labute approximate surface area is 109 Å². The molecule has 1 saturated carbocycles. The van der Waals surface area contributed by atoms with Gasteiger partial charge in [0, 0.05) is 31.9 Å². The van der Waals surface area contributed by atoms with Gasteiger partial charge in [0.05, 0.1) is 6.61 Å². The maximum atomic E-state index is 6.11. The SMILES string of the molecule is COCC(C1CC1)N1CCc2cccc(N)c2C1. The minimum absolute atomic E-state index is 0.586. The minimum Gasteiger partial charge on any atom is -0.398 e. The van der Waals surface area contributed by atoms with Crippen molar-refractivity contribution in [2.75, 3.05) is 26.0 Å². The lowest BCUT2D eigenvalue weighted by Crippen LogP contribution is -2.43. The van der Waals surface area contributed by atoms with Crippen LogP contribution in [0.25, 0.3) is 0 Å². The van der Waals surface area contributed by atoms with Crippen molar-refractivity contribution in [3.8, 4) is 0 Å². The molecule has 0 aromatic heterocycles. The van der Waals surface area contributed by atoms with Crippen molar-refractivity contribution in [2.45, 2.75) is 31.8 Å². The minimum atomic E-state index is 0.586. The van der Waals surface area contributed by atoms with E-state index in [1.54, 1.807) is 0 Å². The van der Waals surface area contributed by atoms with Crippen LogP contribution in [-0.4, -0.2) is 31.2 Å². The number of fused-ring (bicyclic) bond motifs is 1. The third kappa shape index (κ3) is 2.25. The second-order valence-electron chi connectivity index (χ2n) is 5.57. The largest absolute Gasteiger partial charge is 0.398 e. The van der Waals surface area contributed by atoms with Gasteiger partial charge in [-0.1, -0.05) is 12.1 Å². The van der Waals surface area contributed by atoms with E-state index in [4.69, 9.17) is 10.5 Å². The summed E-state index contributed by atoms with van der Waals surface area (Å²) in [5.74, 6) is 0.844. The summed E-state index contributed by atoms with van der Waals surface area (Å²) in [5, 5.41) is 0. The van der Waals surface area contributed by atoms with Crippen molar-refractivity contribution in [3.63, 3.8) is 0 Å². The average Bonchev–Trinajstić information content (AvgIpc) is 3.21. The number of methoxy groups -OCH3 is 1. The molecule has 0 saturated heterocycles. The van der Waals surface area contributed by atoms with Gasteiger partial charge in [-0.15, -0.1) is 0 Å². The summed E-state index contributed by atoms with van der Waals surface area (Å²) in [5.41, 5.74) is 9.83. The Morgan fingerprint density at radius 3 is 3.00 bits per heavy atom. The van der Waals surface area contributed by atoms with Crippen LogP contribution in [0.2, 0.25) is 0 Å². The molecular weight excluding hydrogens is 224 g/mol. The maximum absolute atomic E-state index is 6.11. The lowest BCUT2D eigenvalue weighted by atomic mass is 9.96.